The Morgan fingerprint density at radius 2 is 1.93 bits per heavy atom. The molecule has 0 saturated carbocycles. The van der Waals surface area contributed by atoms with Crippen LogP contribution in [0.2, 0.25) is 0 Å². The average Bonchev–Trinajstić information content (AvgIpc) is 2.00. The maximum atomic E-state index is 11.6. The number of sulfonamides is 1. The highest BCUT2D eigenvalue weighted by Gasteiger charge is 2.26. The fourth-order valence-corrected chi connectivity index (χ4v) is 2.71. The van der Waals surface area contributed by atoms with E-state index in [1.165, 1.54) is 0 Å². The van der Waals surface area contributed by atoms with Gasteiger partial charge in [0.05, 0.1) is 0 Å². The van der Waals surface area contributed by atoms with E-state index in [0.29, 0.717) is 6.42 Å². The van der Waals surface area contributed by atoms with Gasteiger partial charge in [-0.3, -0.25) is 4.79 Å². The number of aliphatic carboxylic acids is 1. The molecule has 0 unspecified atom stereocenters. The summed E-state index contributed by atoms with van der Waals surface area (Å²) in [5.41, 5.74) is 0. The predicted octanol–water partition coefficient (Wildman–Crippen LogP) is -0.506. The van der Waals surface area contributed by atoms with Gasteiger partial charge in [-0.2, -0.15) is 4.31 Å². The van der Waals surface area contributed by atoms with Gasteiger partial charge in [0.25, 0.3) is 0 Å². The van der Waals surface area contributed by atoms with E-state index in [9.17, 15) is 13.2 Å². The summed E-state index contributed by atoms with van der Waals surface area (Å²) in [5, 5.41) is 17.1. The molecule has 0 aromatic rings. The van der Waals surface area contributed by atoms with Crippen LogP contribution < -0.4 is 0 Å². The van der Waals surface area contributed by atoms with Crippen LogP contribution in [0.1, 0.15) is 20.3 Å². The molecular formula is C8H17NO5S. The molecule has 7 heteroatoms. The highest BCUT2D eigenvalue weighted by atomic mass is 32.2. The summed E-state index contributed by atoms with van der Waals surface area (Å²) < 4.78 is 24.2. The van der Waals surface area contributed by atoms with Crippen molar-refractivity contribution in [3.05, 3.63) is 0 Å². The van der Waals surface area contributed by atoms with Crippen LogP contribution in [0.4, 0.5) is 0 Å². The molecule has 0 amide bonds. The number of aliphatic hydroxyl groups excluding tert-OH is 1. The molecule has 0 aromatic heterocycles. The van der Waals surface area contributed by atoms with Crippen molar-refractivity contribution in [2.75, 3.05) is 18.9 Å². The number of nitrogens with zero attached hydrogens (tertiary/aromatic N) is 1. The van der Waals surface area contributed by atoms with Crippen LogP contribution in [0.3, 0.4) is 0 Å². The molecule has 0 aliphatic rings. The molecule has 0 aliphatic heterocycles. The molecule has 0 spiro atoms. The summed E-state index contributed by atoms with van der Waals surface area (Å²) in [4.78, 5) is 10.4. The molecule has 0 radical (unpaired) electrons. The fraction of sp³-hybridized carbons (Fsp3) is 0.875. The van der Waals surface area contributed by atoms with Gasteiger partial charge >= 0.3 is 5.97 Å². The standard InChI is InChI=1S/C8H17NO5S/c1-7(2)9(4-3-5-10)15(13,14)6-8(11)12/h7,10H,3-6H2,1-2H3,(H,11,12). The van der Waals surface area contributed by atoms with E-state index < -0.39 is 21.7 Å². The molecule has 0 heterocycles. The van der Waals surface area contributed by atoms with Gasteiger partial charge in [0.1, 0.15) is 0 Å². The van der Waals surface area contributed by atoms with E-state index in [1.807, 2.05) is 0 Å². The Morgan fingerprint density at radius 1 is 1.40 bits per heavy atom. The third kappa shape index (κ3) is 5.10. The van der Waals surface area contributed by atoms with Crippen LogP contribution >= 0.6 is 0 Å². The second kappa shape index (κ2) is 6.04. The van der Waals surface area contributed by atoms with Crippen molar-refractivity contribution in [2.24, 2.45) is 0 Å². The Balaban J connectivity index is 4.67. The van der Waals surface area contributed by atoms with Crippen LogP contribution in [-0.4, -0.2) is 53.9 Å². The van der Waals surface area contributed by atoms with Crippen LogP contribution in [-0.2, 0) is 14.8 Å². The Kier molecular flexibility index (Phi) is 5.77. The smallest absolute Gasteiger partial charge is 0.320 e. The molecule has 0 rings (SSSR count). The van der Waals surface area contributed by atoms with Gasteiger partial charge in [0.15, 0.2) is 5.75 Å². The average molecular weight is 239 g/mol. The second-order valence-corrected chi connectivity index (χ2v) is 5.35. The zero-order valence-corrected chi connectivity index (χ0v) is 9.70. The quantitative estimate of drug-likeness (QED) is 0.624. The molecule has 2 N–H and O–H groups in total. The monoisotopic (exact) mass is 239 g/mol. The topological polar surface area (TPSA) is 94.9 Å². The van der Waals surface area contributed by atoms with Gasteiger partial charge in [0, 0.05) is 19.2 Å². The van der Waals surface area contributed by atoms with E-state index >= 15 is 0 Å². The van der Waals surface area contributed by atoms with Gasteiger partial charge in [0.2, 0.25) is 10.0 Å². The van der Waals surface area contributed by atoms with Crippen LogP contribution in [0.5, 0.6) is 0 Å². The lowest BCUT2D eigenvalue weighted by atomic mass is 10.3. The summed E-state index contributed by atoms with van der Waals surface area (Å²) in [6.45, 7) is 3.35. The number of carbonyl (C=O) groups is 1. The lowest BCUT2D eigenvalue weighted by Crippen LogP contribution is -2.41. The van der Waals surface area contributed by atoms with Gasteiger partial charge in [-0.05, 0) is 20.3 Å². The Labute approximate surface area is 89.6 Å². The molecular weight excluding hydrogens is 222 g/mol. The van der Waals surface area contributed by atoms with Crippen molar-refractivity contribution in [2.45, 2.75) is 26.3 Å². The molecule has 0 fully saturated rings. The largest absolute Gasteiger partial charge is 0.480 e. The Bertz CT molecular complexity index is 298. The number of aliphatic hydroxyl groups is 1. The van der Waals surface area contributed by atoms with Crippen LogP contribution in [0.25, 0.3) is 0 Å². The predicted molar refractivity (Wildman–Crippen MR) is 55.0 cm³/mol. The number of hydrogen-bond acceptors (Lipinski definition) is 4. The van der Waals surface area contributed by atoms with Crippen molar-refractivity contribution in [1.82, 2.24) is 4.31 Å². The molecule has 0 aliphatic carbocycles. The summed E-state index contributed by atoms with van der Waals surface area (Å²) in [5.74, 6) is -2.28. The van der Waals surface area contributed by atoms with E-state index in [1.54, 1.807) is 13.8 Å². The first-order chi connectivity index (χ1) is 6.81. The first-order valence-electron chi connectivity index (χ1n) is 4.63. The highest BCUT2D eigenvalue weighted by molar-refractivity contribution is 7.89. The van der Waals surface area contributed by atoms with Crippen LogP contribution in [0, 0.1) is 0 Å². The first kappa shape index (κ1) is 14.3. The Hall–Kier alpha value is -0.660. The summed E-state index contributed by atoms with van der Waals surface area (Å²) in [6.07, 6.45) is 0.303. The highest BCUT2D eigenvalue weighted by Crippen LogP contribution is 2.08. The molecule has 90 valence electrons. The minimum Gasteiger partial charge on any atom is -0.480 e. The minimum atomic E-state index is -3.77. The molecule has 0 saturated heterocycles. The van der Waals surface area contributed by atoms with E-state index in [-0.39, 0.29) is 19.2 Å². The van der Waals surface area contributed by atoms with E-state index in [2.05, 4.69) is 0 Å². The normalized spacial score (nSPS) is 12.3. The number of hydrogen-bond donors (Lipinski definition) is 2. The third-order valence-electron chi connectivity index (χ3n) is 1.78. The molecule has 15 heavy (non-hydrogen) atoms. The molecule has 0 aromatic carbocycles. The van der Waals surface area contributed by atoms with Crippen LogP contribution in [0.15, 0.2) is 0 Å². The maximum absolute atomic E-state index is 11.6. The first-order valence-corrected chi connectivity index (χ1v) is 6.24. The maximum Gasteiger partial charge on any atom is 0.320 e. The van der Waals surface area contributed by atoms with Crippen molar-refractivity contribution in [3.63, 3.8) is 0 Å². The summed E-state index contributed by atoms with van der Waals surface area (Å²) in [6, 6.07) is -0.305. The van der Waals surface area contributed by atoms with Gasteiger partial charge in [-0.1, -0.05) is 0 Å². The van der Waals surface area contributed by atoms with Crippen molar-refractivity contribution in [3.8, 4) is 0 Å². The van der Waals surface area contributed by atoms with E-state index in [0.717, 1.165) is 4.31 Å². The molecule has 0 atom stereocenters. The number of carboxylic acids is 1. The lowest BCUT2D eigenvalue weighted by Gasteiger charge is -2.24. The van der Waals surface area contributed by atoms with Crippen molar-refractivity contribution in [1.29, 1.82) is 0 Å². The molecule has 0 bridgehead atoms. The van der Waals surface area contributed by atoms with Crippen molar-refractivity contribution < 1.29 is 23.4 Å². The SMILES string of the molecule is CC(C)N(CCCO)S(=O)(=O)CC(=O)O. The van der Waals surface area contributed by atoms with Gasteiger partial charge < -0.3 is 10.2 Å². The number of carboxylic acid groups (broad SMARTS) is 1. The molecule has 6 nitrogen and oxygen atoms in total. The van der Waals surface area contributed by atoms with E-state index in [4.69, 9.17) is 10.2 Å². The summed E-state index contributed by atoms with van der Waals surface area (Å²) >= 11 is 0. The zero-order chi connectivity index (χ0) is 12.1. The van der Waals surface area contributed by atoms with Gasteiger partial charge in [-0.15, -0.1) is 0 Å². The summed E-state index contributed by atoms with van der Waals surface area (Å²) in [7, 11) is -3.77. The fourth-order valence-electron chi connectivity index (χ4n) is 1.18. The number of rotatable bonds is 7. The van der Waals surface area contributed by atoms with Crippen molar-refractivity contribution >= 4 is 16.0 Å². The second-order valence-electron chi connectivity index (χ2n) is 3.43. The zero-order valence-electron chi connectivity index (χ0n) is 8.88. The third-order valence-corrected chi connectivity index (χ3v) is 3.71. The lowest BCUT2D eigenvalue weighted by molar-refractivity contribution is -0.134. The van der Waals surface area contributed by atoms with Gasteiger partial charge in [-0.25, -0.2) is 8.42 Å². The Morgan fingerprint density at radius 3 is 2.27 bits per heavy atom. The minimum absolute atomic E-state index is 0.119.